The fraction of sp³-hybridized carbons (Fsp3) is 0.0526. The van der Waals surface area contributed by atoms with Crippen LogP contribution in [0.2, 0.25) is 0 Å². The quantitative estimate of drug-likeness (QED) is 0.654. The first-order valence-electron chi connectivity index (χ1n) is 7.16. The van der Waals surface area contributed by atoms with E-state index in [0.717, 1.165) is 11.1 Å². The molecule has 0 saturated heterocycles. The monoisotopic (exact) mass is 323 g/mol. The first-order chi connectivity index (χ1) is 11.1. The molecule has 0 aliphatic heterocycles. The van der Waals surface area contributed by atoms with Gasteiger partial charge in [-0.2, -0.15) is 0 Å². The fourth-order valence-corrected chi connectivity index (χ4v) is 2.57. The van der Waals surface area contributed by atoms with Gasteiger partial charge in [-0.1, -0.05) is 42.0 Å². The Morgan fingerprint density at radius 3 is 1.65 bits per heavy atom. The Kier molecular flexibility index (Phi) is 4.55. The minimum atomic E-state index is -2.22. The maximum absolute atomic E-state index is 10.8. The summed E-state index contributed by atoms with van der Waals surface area (Å²) >= 11 is -2.22. The van der Waals surface area contributed by atoms with Gasteiger partial charge in [0.15, 0.2) is 0 Å². The van der Waals surface area contributed by atoms with Gasteiger partial charge in [0.2, 0.25) is 0 Å². The van der Waals surface area contributed by atoms with Crippen molar-refractivity contribution in [3.8, 4) is 22.6 Å². The summed E-state index contributed by atoms with van der Waals surface area (Å²) in [6.07, 6.45) is 0. The second kappa shape index (κ2) is 6.77. The number of hydrogen-bond donors (Lipinski definition) is 0. The highest BCUT2D eigenvalue weighted by Crippen LogP contribution is 2.26. The molecule has 3 aromatic rings. The molecule has 23 heavy (non-hydrogen) atoms. The highest BCUT2D eigenvalue weighted by Gasteiger charge is 2.01. The lowest BCUT2D eigenvalue weighted by molar-refractivity contribution is 0.482. The van der Waals surface area contributed by atoms with Gasteiger partial charge < -0.3 is 9.29 Å². The summed E-state index contributed by atoms with van der Waals surface area (Å²) in [5, 5.41) is 0. The first-order valence-corrected chi connectivity index (χ1v) is 8.23. The minimum Gasteiger partial charge on any atom is -0.768 e. The summed E-state index contributed by atoms with van der Waals surface area (Å²) in [4.78, 5) is 0.243. The zero-order valence-electron chi connectivity index (χ0n) is 12.6. The average molecular weight is 323 g/mol. The van der Waals surface area contributed by atoms with E-state index in [9.17, 15) is 8.76 Å². The summed E-state index contributed by atoms with van der Waals surface area (Å²) in [6, 6.07) is 22.4. The standard InChI is InChI=1S/C19H16O3S/c1-14-2-4-15(5-3-14)16-6-8-17(9-7-16)22-18-10-12-19(13-11-18)23(20)21/h2-13H,1H3,(H,20,21)/p-1. The van der Waals surface area contributed by atoms with E-state index in [1.165, 1.54) is 17.7 Å². The zero-order valence-corrected chi connectivity index (χ0v) is 13.4. The topological polar surface area (TPSA) is 49.4 Å². The summed E-state index contributed by atoms with van der Waals surface area (Å²) < 4.78 is 27.4. The molecular weight excluding hydrogens is 308 g/mol. The van der Waals surface area contributed by atoms with Gasteiger partial charge >= 0.3 is 0 Å². The molecule has 0 amide bonds. The van der Waals surface area contributed by atoms with Crippen molar-refractivity contribution in [1.82, 2.24) is 0 Å². The first kappa shape index (κ1) is 15.5. The zero-order chi connectivity index (χ0) is 16.2. The lowest BCUT2D eigenvalue weighted by Gasteiger charge is -2.09. The second-order valence-electron chi connectivity index (χ2n) is 5.20. The molecule has 116 valence electrons. The molecule has 0 radical (unpaired) electrons. The maximum Gasteiger partial charge on any atom is 0.127 e. The highest BCUT2D eigenvalue weighted by atomic mass is 32.2. The van der Waals surface area contributed by atoms with E-state index in [1.807, 2.05) is 24.3 Å². The molecule has 3 rings (SSSR count). The lowest BCUT2D eigenvalue weighted by Crippen LogP contribution is -1.89. The Labute approximate surface area is 137 Å². The smallest absolute Gasteiger partial charge is 0.127 e. The molecule has 0 bridgehead atoms. The number of hydrogen-bond acceptors (Lipinski definition) is 3. The number of benzene rings is 3. The molecule has 0 saturated carbocycles. The molecule has 0 aliphatic rings. The van der Waals surface area contributed by atoms with Crippen LogP contribution in [0.1, 0.15) is 5.56 Å². The van der Waals surface area contributed by atoms with Gasteiger partial charge in [0.25, 0.3) is 0 Å². The Morgan fingerprint density at radius 2 is 1.17 bits per heavy atom. The van der Waals surface area contributed by atoms with Crippen molar-refractivity contribution < 1.29 is 13.5 Å². The van der Waals surface area contributed by atoms with E-state index in [0.29, 0.717) is 11.5 Å². The molecule has 0 heterocycles. The minimum absolute atomic E-state index is 0.243. The third-order valence-corrected chi connectivity index (χ3v) is 4.15. The Morgan fingerprint density at radius 1 is 0.739 bits per heavy atom. The Hall–Kier alpha value is -2.43. The van der Waals surface area contributed by atoms with E-state index < -0.39 is 11.1 Å². The molecule has 0 aliphatic carbocycles. The van der Waals surface area contributed by atoms with Crippen LogP contribution in [0.5, 0.6) is 11.5 Å². The second-order valence-corrected chi connectivity index (χ2v) is 6.14. The van der Waals surface area contributed by atoms with Gasteiger partial charge in [-0.25, -0.2) is 0 Å². The predicted octanol–water partition coefficient (Wildman–Crippen LogP) is 4.69. The van der Waals surface area contributed by atoms with Crippen LogP contribution in [0, 0.1) is 6.92 Å². The van der Waals surface area contributed by atoms with Gasteiger partial charge in [0.1, 0.15) is 11.5 Å². The van der Waals surface area contributed by atoms with Crippen molar-refractivity contribution in [2.75, 3.05) is 0 Å². The van der Waals surface area contributed by atoms with Gasteiger partial charge in [-0.3, -0.25) is 4.21 Å². The largest absolute Gasteiger partial charge is 0.768 e. The van der Waals surface area contributed by atoms with E-state index in [-0.39, 0.29) is 4.90 Å². The van der Waals surface area contributed by atoms with Crippen LogP contribution >= 0.6 is 0 Å². The van der Waals surface area contributed by atoms with Gasteiger partial charge in [0.05, 0.1) is 0 Å². The molecule has 1 unspecified atom stereocenters. The van der Waals surface area contributed by atoms with Crippen LogP contribution in [-0.4, -0.2) is 8.76 Å². The van der Waals surface area contributed by atoms with Gasteiger partial charge in [0, 0.05) is 4.90 Å². The molecule has 0 N–H and O–H groups in total. The van der Waals surface area contributed by atoms with E-state index >= 15 is 0 Å². The molecule has 4 heteroatoms. The van der Waals surface area contributed by atoms with Crippen LogP contribution < -0.4 is 4.74 Å². The van der Waals surface area contributed by atoms with Crippen molar-refractivity contribution in [2.45, 2.75) is 11.8 Å². The van der Waals surface area contributed by atoms with Crippen molar-refractivity contribution >= 4 is 11.1 Å². The number of ether oxygens (including phenoxy) is 1. The van der Waals surface area contributed by atoms with E-state index in [2.05, 4.69) is 31.2 Å². The van der Waals surface area contributed by atoms with Gasteiger partial charge in [-0.15, -0.1) is 0 Å². The Balaban J connectivity index is 1.74. The molecule has 0 fully saturated rings. The number of rotatable bonds is 4. The lowest BCUT2D eigenvalue weighted by atomic mass is 10.0. The summed E-state index contributed by atoms with van der Waals surface area (Å²) in [6.45, 7) is 2.06. The van der Waals surface area contributed by atoms with Crippen LogP contribution in [0.3, 0.4) is 0 Å². The van der Waals surface area contributed by atoms with Crippen molar-refractivity contribution in [3.05, 3.63) is 78.4 Å². The van der Waals surface area contributed by atoms with E-state index in [4.69, 9.17) is 4.74 Å². The summed E-state index contributed by atoms with van der Waals surface area (Å²) in [5.74, 6) is 1.30. The highest BCUT2D eigenvalue weighted by molar-refractivity contribution is 7.79. The Bertz CT molecular complexity index is 807. The third kappa shape index (κ3) is 3.86. The van der Waals surface area contributed by atoms with Crippen LogP contribution in [-0.2, 0) is 11.1 Å². The van der Waals surface area contributed by atoms with Crippen LogP contribution in [0.15, 0.2) is 77.7 Å². The van der Waals surface area contributed by atoms with Crippen molar-refractivity contribution in [1.29, 1.82) is 0 Å². The third-order valence-electron chi connectivity index (χ3n) is 3.49. The number of aryl methyl sites for hydroxylation is 1. The SMILES string of the molecule is Cc1ccc(-c2ccc(Oc3ccc(S(=O)[O-])cc3)cc2)cc1. The normalized spacial score (nSPS) is 11.9. The fourth-order valence-electron chi connectivity index (χ4n) is 2.22. The predicted molar refractivity (Wildman–Crippen MR) is 90.3 cm³/mol. The van der Waals surface area contributed by atoms with Crippen molar-refractivity contribution in [2.24, 2.45) is 0 Å². The van der Waals surface area contributed by atoms with Crippen molar-refractivity contribution in [3.63, 3.8) is 0 Å². The van der Waals surface area contributed by atoms with Gasteiger partial charge in [-0.05, 0) is 65.5 Å². The van der Waals surface area contributed by atoms with Crippen LogP contribution in [0.4, 0.5) is 0 Å². The average Bonchev–Trinajstić information content (AvgIpc) is 2.57. The van der Waals surface area contributed by atoms with E-state index in [1.54, 1.807) is 12.1 Å². The van der Waals surface area contributed by atoms with Crippen LogP contribution in [0.25, 0.3) is 11.1 Å². The molecule has 0 spiro atoms. The molecular formula is C19H15O3S-. The molecule has 3 nitrogen and oxygen atoms in total. The molecule has 0 aromatic heterocycles. The molecule has 3 aromatic carbocycles. The summed E-state index contributed by atoms with van der Waals surface area (Å²) in [7, 11) is 0. The maximum atomic E-state index is 10.8. The summed E-state index contributed by atoms with van der Waals surface area (Å²) in [5.41, 5.74) is 3.51. The molecule has 1 atom stereocenters.